The number of pyridine rings is 1. The van der Waals surface area contributed by atoms with E-state index in [9.17, 15) is 4.79 Å². The number of aliphatic carboxylic acids is 1. The van der Waals surface area contributed by atoms with Gasteiger partial charge in [0.15, 0.2) is 0 Å². The van der Waals surface area contributed by atoms with Crippen LogP contribution in [0, 0.1) is 0 Å². The van der Waals surface area contributed by atoms with Crippen LogP contribution in [0.1, 0.15) is 25.5 Å². The fourth-order valence-electron chi connectivity index (χ4n) is 1.23. The lowest BCUT2D eigenvalue weighted by Crippen LogP contribution is -2.33. The highest BCUT2D eigenvalue weighted by Crippen LogP contribution is 2.17. The maximum absolute atomic E-state index is 11.0. The molecule has 1 aromatic heterocycles. The molecular formula is C10H13BrN2O2. The van der Waals surface area contributed by atoms with Gasteiger partial charge in [-0.3, -0.25) is 15.1 Å². The Morgan fingerprint density at radius 2 is 2.20 bits per heavy atom. The van der Waals surface area contributed by atoms with Crippen molar-refractivity contribution in [1.82, 2.24) is 10.3 Å². The Hall–Kier alpha value is -0.940. The van der Waals surface area contributed by atoms with Crippen LogP contribution in [-0.2, 0) is 4.79 Å². The van der Waals surface area contributed by atoms with Crippen LogP contribution >= 0.6 is 15.9 Å². The summed E-state index contributed by atoms with van der Waals surface area (Å²) >= 11 is 3.26. The highest BCUT2D eigenvalue weighted by molar-refractivity contribution is 9.10. The molecule has 5 heteroatoms. The van der Waals surface area contributed by atoms with Gasteiger partial charge in [0, 0.05) is 22.9 Å². The number of carboxylic acid groups (broad SMARTS) is 1. The summed E-state index contributed by atoms with van der Waals surface area (Å²) in [6.07, 6.45) is 3.18. The molecule has 0 saturated heterocycles. The second kappa shape index (κ2) is 5.23. The number of hydrogen-bond acceptors (Lipinski definition) is 3. The third-order valence-corrected chi connectivity index (χ3v) is 2.24. The van der Waals surface area contributed by atoms with Crippen molar-refractivity contribution >= 4 is 21.9 Å². The Morgan fingerprint density at radius 1 is 1.53 bits per heavy atom. The van der Waals surface area contributed by atoms with Crippen molar-refractivity contribution in [2.45, 2.75) is 25.9 Å². The fraction of sp³-hybridized carbons (Fsp3) is 0.400. The first kappa shape index (κ1) is 12.1. The van der Waals surface area contributed by atoms with Crippen molar-refractivity contribution in [3.05, 3.63) is 28.5 Å². The number of nitrogens with one attached hydrogen (secondary N) is 1. The van der Waals surface area contributed by atoms with E-state index >= 15 is 0 Å². The van der Waals surface area contributed by atoms with E-state index in [1.807, 2.05) is 13.8 Å². The molecule has 0 fully saturated rings. The third kappa shape index (κ3) is 3.60. The van der Waals surface area contributed by atoms with Crippen molar-refractivity contribution in [2.24, 2.45) is 0 Å². The topological polar surface area (TPSA) is 62.2 Å². The van der Waals surface area contributed by atoms with Gasteiger partial charge in [-0.2, -0.15) is 0 Å². The molecule has 15 heavy (non-hydrogen) atoms. The lowest BCUT2D eigenvalue weighted by Gasteiger charge is -2.17. The standard InChI is InChI=1S/C10H13BrN2O2/c1-6(2)13-9(10(14)15)7-3-8(11)5-12-4-7/h3-6,9,13H,1-2H3,(H,14,15). The lowest BCUT2D eigenvalue weighted by atomic mass is 10.1. The summed E-state index contributed by atoms with van der Waals surface area (Å²) in [7, 11) is 0. The first-order valence-corrected chi connectivity index (χ1v) is 5.39. The summed E-state index contributed by atoms with van der Waals surface area (Å²) in [5.74, 6) is -0.899. The van der Waals surface area contributed by atoms with Gasteiger partial charge in [0.05, 0.1) is 0 Å². The molecule has 0 bridgehead atoms. The van der Waals surface area contributed by atoms with Crippen molar-refractivity contribution in [3.63, 3.8) is 0 Å². The van der Waals surface area contributed by atoms with E-state index in [0.717, 1.165) is 4.47 Å². The minimum atomic E-state index is -0.899. The molecule has 0 aromatic carbocycles. The number of halogens is 1. The van der Waals surface area contributed by atoms with Crippen molar-refractivity contribution < 1.29 is 9.90 Å². The van der Waals surface area contributed by atoms with Gasteiger partial charge in [0.2, 0.25) is 0 Å². The molecule has 0 aliphatic rings. The predicted octanol–water partition coefficient (Wildman–Crippen LogP) is 1.97. The smallest absolute Gasteiger partial charge is 0.325 e. The monoisotopic (exact) mass is 272 g/mol. The molecule has 0 aliphatic carbocycles. The summed E-state index contributed by atoms with van der Waals surface area (Å²) < 4.78 is 0.775. The van der Waals surface area contributed by atoms with Gasteiger partial charge < -0.3 is 5.11 Å². The maximum atomic E-state index is 11.0. The minimum Gasteiger partial charge on any atom is -0.480 e. The van der Waals surface area contributed by atoms with Crippen LogP contribution in [0.5, 0.6) is 0 Å². The Kier molecular flexibility index (Phi) is 4.23. The number of hydrogen-bond donors (Lipinski definition) is 2. The van der Waals surface area contributed by atoms with E-state index < -0.39 is 12.0 Å². The molecular weight excluding hydrogens is 260 g/mol. The molecule has 1 rings (SSSR count). The van der Waals surface area contributed by atoms with Gasteiger partial charge >= 0.3 is 5.97 Å². The summed E-state index contributed by atoms with van der Waals surface area (Å²) in [5.41, 5.74) is 0.644. The normalized spacial score (nSPS) is 12.8. The first-order chi connectivity index (χ1) is 7.00. The molecule has 82 valence electrons. The molecule has 1 aromatic rings. The maximum Gasteiger partial charge on any atom is 0.325 e. The van der Waals surface area contributed by atoms with Crippen LogP contribution < -0.4 is 5.32 Å². The van der Waals surface area contributed by atoms with E-state index in [0.29, 0.717) is 5.56 Å². The summed E-state index contributed by atoms with van der Waals surface area (Å²) in [6.45, 7) is 3.81. The van der Waals surface area contributed by atoms with Crippen molar-refractivity contribution in [2.75, 3.05) is 0 Å². The zero-order valence-electron chi connectivity index (χ0n) is 8.57. The van der Waals surface area contributed by atoms with E-state index in [2.05, 4.69) is 26.2 Å². The quantitative estimate of drug-likeness (QED) is 0.880. The summed E-state index contributed by atoms with van der Waals surface area (Å²) in [4.78, 5) is 15.0. The zero-order valence-corrected chi connectivity index (χ0v) is 10.2. The van der Waals surface area contributed by atoms with E-state index in [-0.39, 0.29) is 6.04 Å². The van der Waals surface area contributed by atoms with E-state index in [4.69, 9.17) is 5.11 Å². The van der Waals surface area contributed by atoms with E-state index in [1.54, 1.807) is 18.5 Å². The average molecular weight is 273 g/mol. The Balaban J connectivity index is 2.94. The second-order valence-corrected chi connectivity index (χ2v) is 4.44. The Labute approximate surface area is 96.8 Å². The minimum absolute atomic E-state index is 0.102. The predicted molar refractivity (Wildman–Crippen MR) is 60.6 cm³/mol. The van der Waals surface area contributed by atoms with Crippen molar-refractivity contribution in [3.8, 4) is 0 Å². The van der Waals surface area contributed by atoms with Gasteiger partial charge in [-0.25, -0.2) is 0 Å². The molecule has 1 unspecified atom stereocenters. The Bertz CT molecular complexity index is 355. The molecule has 0 saturated carbocycles. The van der Waals surface area contributed by atoms with Gasteiger partial charge in [0.1, 0.15) is 6.04 Å². The molecule has 0 spiro atoms. The molecule has 0 aliphatic heterocycles. The molecule has 1 atom stereocenters. The van der Waals surface area contributed by atoms with Crippen LogP contribution in [0.15, 0.2) is 22.9 Å². The molecule has 4 nitrogen and oxygen atoms in total. The zero-order chi connectivity index (χ0) is 11.4. The third-order valence-electron chi connectivity index (χ3n) is 1.81. The Morgan fingerprint density at radius 3 is 2.67 bits per heavy atom. The van der Waals surface area contributed by atoms with Crippen LogP contribution in [0.4, 0.5) is 0 Å². The molecule has 0 amide bonds. The van der Waals surface area contributed by atoms with Crippen LogP contribution in [0.3, 0.4) is 0 Å². The number of carbonyl (C=O) groups is 1. The van der Waals surface area contributed by atoms with Gasteiger partial charge in [0.25, 0.3) is 0 Å². The molecule has 2 N–H and O–H groups in total. The number of nitrogens with zero attached hydrogens (tertiary/aromatic N) is 1. The number of carboxylic acids is 1. The molecule has 0 radical (unpaired) electrons. The largest absolute Gasteiger partial charge is 0.480 e. The average Bonchev–Trinajstić information content (AvgIpc) is 2.13. The van der Waals surface area contributed by atoms with Gasteiger partial charge in [-0.1, -0.05) is 0 Å². The van der Waals surface area contributed by atoms with Crippen LogP contribution in [0.2, 0.25) is 0 Å². The second-order valence-electron chi connectivity index (χ2n) is 3.53. The highest BCUT2D eigenvalue weighted by Gasteiger charge is 2.20. The number of rotatable bonds is 4. The molecule has 1 heterocycles. The van der Waals surface area contributed by atoms with Gasteiger partial charge in [-0.15, -0.1) is 0 Å². The summed E-state index contributed by atoms with van der Waals surface area (Å²) in [6, 6.07) is 1.14. The van der Waals surface area contributed by atoms with Crippen LogP contribution in [-0.4, -0.2) is 22.1 Å². The SMILES string of the molecule is CC(C)NC(C(=O)O)c1cncc(Br)c1. The van der Waals surface area contributed by atoms with Crippen molar-refractivity contribution in [1.29, 1.82) is 0 Å². The summed E-state index contributed by atoms with van der Waals surface area (Å²) in [5, 5.41) is 12.0. The first-order valence-electron chi connectivity index (χ1n) is 4.60. The highest BCUT2D eigenvalue weighted by atomic mass is 79.9. The van der Waals surface area contributed by atoms with Gasteiger partial charge in [-0.05, 0) is 41.4 Å². The lowest BCUT2D eigenvalue weighted by molar-refractivity contribution is -0.139. The number of aromatic nitrogens is 1. The fourth-order valence-corrected chi connectivity index (χ4v) is 1.61. The van der Waals surface area contributed by atoms with E-state index in [1.165, 1.54) is 0 Å². The van der Waals surface area contributed by atoms with Crippen LogP contribution in [0.25, 0.3) is 0 Å².